The van der Waals surface area contributed by atoms with Crippen molar-refractivity contribution >= 4 is 5.65 Å². The largest absolute Gasteiger partial charge is 0.314 e. The van der Waals surface area contributed by atoms with Gasteiger partial charge in [-0.3, -0.25) is 4.40 Å². The van der Waals surface area contributed by atoms with Crippen molar-refractivity contribution in [3.05, 3.63) is 30.2 Å². The smallest absolute Gasteiger partial charge is 0.160 e. The summed E-state index contributed by atoms with van der Waals surface area (Å²) in [5.74, 6) is 1.65. The Morgan fingerprint density at radius 2 is 2.31 bits per heavy atom. The zero-order valence-electron chi connectivity index (χ0n) is 9.43. The summed E-state index contributed by atoms with van der Waals surface area (Å²) >= 11 is 0. The van der Waals surface area contributed by atoms with Crippen LogP contribution < -0.4 is 5.32 Å². The molecule has 1 saturated heterocycles. The van der Waals surface area contributed by atoms with Gasteiger partial charge in [-0.2, -0.15) is 0 Å². The summed E-state index contributed by atoms with van der Waals surface area (Å²) < 4.78 is 2.11. The maximum Gasteiger partial charge on any atom is 0.160 e. The Morgan fingerprint density at radius 3 is 3.19 bits per heavy atom. The summed E-state index contributed by atoms with van der Waals surface area (Å²) in [6.07, 6.45) is 4.35. The molecule has 16 heavy (non-hydrogen) atoms. The molecule has 0 amide bonds. The Hall–Kier alpha value is -1.42. The fourth-order valence-corrected chi connectivity index (χ4v) is 2.50. The second-order valence-electron chi connectivity index (χ2n) is 4.56. The van der Waals surface area contributed by atoms with Gasteiger partial charge >= 0.3 is 0 Å². The van der Waals surface area contributed by atoms with Gasteiger partial charge in [-0.05, 0) is 38.4 Å². The fraction of sp³-hybridized carbons (Fsp3) is 0.500. The third kappa shape index (κ3) is 1.59. The lowest BCUT2D eigenvalue weighted by atomic mass is 9.92. The molecule has 2 aromatic heterocycles. The lowest BCUT2D eigenvalue weighted by Gasteiger charge is -2.26. The van der Waals surface area contributed by atoms with Crippen LogP contribution in [0.1, 0.15) is 31.5 Å². The highest BCUT2D eigenvalue weighted by molar-refractivity contribution is 5.37. The summed E-state index contributed by atoms with van der Waals surface area (Å²) in [6.45, 7) is 3.31. The van der Waals surface area contributed by atoms with E-state index >= 15 is 0 Å². The van der Waals surface area contributed by atoms with Gasteiger partial charge in [-0.15, -0.1) is 10.2 Å². The highest BCUT2D eigenvalue weighted by Crippen LogP contribution is 2.26. The highest BCUT2D eigenvalue weighted by Gasteiger charge is 2.23. The first-order valence-electron chi connectivity index (χ1n) is 5.87. The minimum absolute atomic E-state index is 0.536. The molecule has 0 aliphatic carbocycles. The fourth-order valence-electron chi connectivity index (χ4n) is 2.50. The molecule has 4 heteroatoms. The molecule has 1 aliphatic heterocycles. The third-order valence-corrected chi connectivity index (χ3v) is 3.33. The molecule has 0 aromatic carbocycles. The van der Waals surface area contributed by atoms with Crippen LogP contribution in [0.15, 0.2) is 24.4 Å². The number of pyridine rings is 1. The highest BCUT2D eigenvalue weighted by atomic mass is 15.2. The van der Waals surface area contributed by atoms with Crippen molar-refractivity contribution in [2.24, 2.45) is 0 Å². The molecule has 1 aliphatic rings. The maximum atomic E-state index is 4.34. The predicted octanol–water partition coefficient (Wildman–Crippen LogP) is 1.58. The molecule has 0 bridgehead atoms. The average Bonchev–Trinajstić information content (AvgIpc) is 2.72. The average molecular weight is 216 g/mol. The zero-order chi connectivity index (χ0) is 11.0. The number of fused-ring (bicyclic) bond motifs is 1. The SMILES string of the molecule is CC1CC(c2nnc3ccccn23)CCN1. The van der Waals surface area contributed by atoms with Crippen LogP contribution in [0.4, 0.5) is 0 Å². The van der Waals surface area contributed by atoms with E-state index in [4.69, 9.17) is 0 Å². The van der Waals surface area contributed by atoms with Crippen LogP contribution in [0.25, 0.3) is 5.65 Å². The van der Waals surface area contributed by atoms with Gasteiger partial charge < -0.3 is 5.32 Å². The van der Waals surface area contributed by atoms with E-state index in [0.717, 1.165) is 30.9 Å². The van der Waals surface area contributed by atoms with Gasteiger partial charge in [0.1, 0.15) is 5.82 Å². The van der Waals surface area contributed by atoms with Crippen molar-refractivity contribution in [2.75, 3.05) is 6.54 Å². The molecule has 2 atom stereocenters. The number of hydrogen-bond donors (Lipinski definition) is 1. The van der Waals surface area contributed by atoms with E-state index in [0.29, 0.717) is 12.0 Å². The standard InChI is InChI=1S/C12H16N4/c1-9-8-10(5-6-13-9)12-15-14-11-4-2-3-7-16(11)12/h2-4,7,9-10,13H,5-6,8H2,1H3. The number of nitrogens with zero attached hydrogens (tertiary/aromatic N) is 3. The molecule has 1 fully saturated rings. The van der Waals surface area contributed by atoms with Crippen LogP contribution in [0, 0.1) is 0 Å². The van der Waals surface area contributed by atoms with E-state index in [-0.39, 0.29) is 0 Å². The van der Waals surface area contributed by atoms with Crippen molar-refractivity contribution < 1.29 is 0 Å². The molecule has 3 rings (SSSR count). The number of aromatic nitrogens is 3. The summed E-state index contributed by atoms with van der Waals surface area (Å²) in [5, 5.41) is 12.0. The number of piperidine rings is 1. The van der Waals surface area contributed by atoms with Gasteiger partial charge in [-0.1, -0.05) is 6.07 Å². The molecular weight excluding hydrogens is 200 g/mol. The first kappa shape index (κ1) is 9.78. The molecule has 84 valence electrons. The van der Waals surface area contributed by atoms with Crippen molar-refractivity contribution in [2.45, 2.75) is 31.7 Å². The quantitative estimate of drug-likeness (QED) is 0.787. The first-order valence-corrected chi connectivity index (χ1v) is 5.87. The zero-order valence-corrected chi connectivity index (χ0v) is 9.43. The summed E-state index contributed by atoms with van der Waals surface area (Å²) in [7, 11) is 0. The van der Waals surface area contributed by atoms with Crippen LogP contribution >= 0.6 is 0 Å². The second-order valence-corrected chi connectivity index (χ2v) is 4.56. The van der Waals surface area contributed by atoms with Crippen molar-refractivity contribution in [1.29, 1.82) is 0 Å². The predicted molar refractivity (Wildman–Crippen MR) is 62.4 cm³/mol. The molecule has 0 saturated carbocycles. The Balaban J connectivity index is 1.99. The van der Waals surface area contributed by atoms with E-state index in [1.807, 2.05) is 18.2 Å². The van der Waals surface area contributed by atoms with Gasteiger partial charge in [0, 0.05) is 18.2 Å². The van der Waals surface area contributed by atoms with Gasteiger partial charge in [0.25, 0.3) is 0 Å². The van der Waals surface area contributed by atoms with E-state index in [9.17, 15) is 0 Å². The van der Waals surface area contributed by atoms with E-state index in [1.165, 1.54) is 0 Å². The molecule has 4 nitrogen and oxygen atoms in total. The number of rotatable bonds is 1. The van der Waals surface area contributed by atoms with Crippen LogP contribution in [0.2, 0.25) is 0 Å². The normalized spacial score (nSPS) is 26.1. The first-order chi connectivity index (χ1) is 7.84. The van der Waals surface area contributed by atoms with E-state index in [2.05, 4.69) is 33.0 Å². The van der Waals surface area contributed by atoms with Crippen molar-refractivity contribution in [1.82, 2.24) is 19.9 Å². The van der Waals surface area contributed by atoms with Crippen LogP contribution in [-0.4, -0.2) is 27.2 Å². The van der Waals surface area contributed by atoms with Crippen molar-refractivity contribution in [3.8, 4) is 0 Å². The van der Waals surface area contributed by atoms with Gasteiger partial charge in [0.15, 0.2) is 5.65 Å². The monoisotopic (exact) mass is 216 g/mol. The summed E-state index contributed by atoms with van der Waals surface area (Å²) in [6, 6.07) is 6.61. The molecule has 0 radical (unpaired) electrons. The van der Waals surface area contributed by atoms with Gasteiger partial charge in [0.05, 0.1) is 0 Å². The molecule has 1 N–H and O–H groups in total. The van der Waals surface area contributed by atoms with E-state index < -0.39 is 0 Å². The third-order valence-electron chi connectivity index (χ3n) is 3.33. The van der Waals surface area contributed by atoms with Crippen LogP contribution in [0.3, 0.4) is 0 Å². The number of nitrogens with one attached hydrogen (secondary N) is 1. The molecule has 2 aromatic rings. The second kappa shape index (κ2) is 3.87. The van der Waals surface area contributed by atoms with Gasteiger partial charge in [-0.25, -0.2) is 0 Å². The van der Waals surface area contributed by atoms with Crippen LogP contribution in [-0.2, 0) is 0 Å². The Kier molecular flexibility index (Phi) is 2.36. The topological polar surface area (TPSA) is 42.2 Å². The lowest BCUT2D eigenvalue weighted by molar-refractivity contribution is 0.369. The number of hydrogen-bond acceptors (Lipinski definition) is 3. The molecule has 3 heterocycles. The lowest BCUT2D eigenvalue weighted by Crippen LogP contribution is -2.35. The Bertz CT molecular complexity index is 490. The van der Waals surface area contributed by atoms with Crippen LogP contribution in [0.5, 0.6) is 0 Å². The summed E-state index contributed by atoms with van der Waals surface area (Å²) in [5.41, 5.74) is 0.948. The Morgan fingerprint density at radius 1 is 1.38 bits per heavy atom. The maximum absolute atomic E-state index is 4.34. The van der Waals surface area contributed by atoms with Crippen molar-refractivity contribution in [3.63, 3.8) is 0 Å². The molecule has 2 unspecified atom stereocenters. The molecular formula is C12H16N4. The minimum atomic E-state index is 0.536. The molecule has 0 spiro atoms. The Labute approximate surface area is 94.7 Å². The summed E-state index contributed by atoms with van der Waals surface area (Å²) in [4.78, 5) is 0. The van der Waals surface area contributed by atoms with Gasteiger partial charge in [0.2, 0.25) is 0 Å². The van der Waals surface area contributed by atoms with E-state index in [1.54, 1.807) is 0 Å². The minimum Gasteiger partial charge on any atom is -0.314 e.